The lowest BCUT2D eigenvalue weighted by Crippen LogP contribution is -2.52. The van der Waals surface area contributed by atoms with Crippen molar-refractivity contribution < 1.29 is 28.8 Å². The zero-order chi connectivity index (χ0) is 32.4. The molecule has 5 aromatic rings. The molecule has 6 heteroatoms. The van der Waals surface area contributed by atoms with E-state index in [1.165, 1.54) is 0 Å². The highest BCUT2D eigenvalue weighted by molar-refractivity contribution is 5.17. The van der Waals surface area contributed by atoms with Gasteiger partial charge in [0, 0.05) is 0 Å². The second-order valence-corrected chi connectivity index (χ2v) is 11.4. The zero-order valence-electron chi connectivity index (χ0n) is 26.7. The quantitative estimate of drug-likeness (QED) is 0.0957. The number of rotatable bonds is 20. The molecule has 0 spiro atoms. The highest BCUT2D eigenvalue weighted by Crippen LogP contribution is 2.24. The van der Waals surface area contributed by atoms with E-state index in [0.29, 0.717) is 33.0 Å². The fourth-order valence-electron chi connectivity index (χ4n) is 5.27. The van der Waals surface area contributed by atoms with Crippen LogP contribution in [0.25, 0.3) is 0 Å². The van der Waals surface area contributed by atoms with Gasteiger partial charge in [0.05, 0.1) is 46.2 Å². The van der Waals surface area contributed by atoms with Gasteiger partial charge in [0.2, 0.25) is 0 Å². The minimum absolute atomic E-state index is 0.239. The van der Waals surface area contributed by atoms with Gasteiger partial charge in [-0.3, -0.25) is 0 Å². The SMILES string of the molecule is OC[C@@H](OCc1ccccc1)[C@H](OCc1ccccc1)[C@@H](OCc1ccccc1)[C@H](COCc1ccccc1)OCc1ccccc1. The summed E-state index contributed by atoms with van der Waals surface area (Å²) in [6.07, 6.45) is -2.63. The average Bonchev–Trinajstić information content (AvgIpc) is 3.14. The molecule has 0 aliphatic rings. The molecule has 0 fully saturated rings. The Kier molecular flexibility index (Phi) is 14.2. The average molecular weight is 633 g/mol. The molecule has 1 N–H and O–H groups in total. The largest absolute Gasteiger partial charge is 0.394 e. The Balaban J connectivity index is 1.45. The van der Waals surface area contributed by atoms with Gasteiger partial charge in [0.25, 0.3) is 0 Å². The summed E-state index contributed by atoms with van der Waals surface area (Å²) in [6, 6.07) is 50.0. The number of hydrogen-bond acceptors (Lipinski definition) is 6. The highest BCUT2D eigenvalue weighted by Gasteiger charge is 2.38. The molecule has 0 aliphatic heterocycles. The maximum atomic E-state index is 10.8. The summed E-state index contributed by atoms with van der Waals surface area (Å²) in [6.45, 7) is 1.67. The molecule has 244 valence electrons. The van der Waals surface area contributed by atoms with Gasteiger partial charge in [-0.05, 0) is 27.8 Å². The van der Waals surface area contributed by atoms with Crippen LogP contribution in [-0.4, -0.2) is 42.7 Å². The van der Waals surface area contributed by atoms with Crippen LogP contribution in [0.3, 0.4) is 0 Å². The third-order valence-corrected chi connectivity index (χ3v) is 7.81. The Morgan fingerprint density at radius 3 is 1.02 bits per heavy atom. The summed E-state index contributed by atoms with van der Waals surface area (Å²) in [7, 11) is 0. The van der Waals surface area contributed by atoms with Gasteiger partial charge in [0.15, 0.2) is 0 Å². The number of aliphatic hydroxyl groups excluding tert-OH is 1. The molecule has 0 aromatic heterocycles. The zero-order valence-corrected chi connectivity index (χ0v) is 26.7. The molecule has 0 heterocycles. The van der Waals surface area contributed by atoms with E-state index in [1.807, 2.05) is 152 Å². The minimum Gasteiger partial charge on any atom is -0.394 e. The van der Waals surface area contributed by atoms with Crippen LogP contribution < -0.4 is 0 Å². The topological polar surface area (TPSA) is 66.4 Å². The molecule has 0 aliphatic carbocycles. The first kappa shape index (κ1) is 34.2. The van der Waals surface area contributed by atoms with Crippen LogP contribution in [0.15, 0.2) is 152 Å². The van der Waals surface area contributed by atoms with Crippen molar-refractivity contribution in [2.24, 2.45) is 0 Å². The first-order chi connectivity index (χ1) is 23.3. The number of hydrogen-bond donors (Lipinski definition) is 1. The first-order valence-electron chi connectivity index (χ1n) is 16.1. The van der Waals surface area contributed by atoms with Crippen LogP contribution in [-0.2, 0) is 56.7 Å². The molecule has 6 nitrogen and oxygen atoms in total. The summed E-state index contributed by atoms with van der Waals surface area (Å²) < 4.78 is 32.7. The van der Waals surface area contributed by atoms with Crippen LogP contribution >= 0.6 is 0 Å². The fourth-order valence-corrected chi connectivity index (χ4v) is 5.27. The van der Waals surface area contributed by atoms with Crippen molar-refractivity contribution >= 4 is 0 Å². The number of benzene rings is 5. The first-order valence-corrected chi connectivity index (χ1v) is 16.1. The van der Waals surface area contributed by atoms with E-state index in [-0.39, 0.29) is 13.2 Å². The van der Waals surface area contributed by atoms with Gasteiger partial charge in [-0.2, -0.15) is 0 Å². The predicted molar refractivity (Wildman–Crippen MR) is 183 cm³/mol. The van der Waals surface area contributed by atoms with E-state index in [4.69, 9.17) is 23.7 Å². The van der Waals surface area contributed by atoms with Gasteiger partial charge in [-0.1, -0.05) is 152 Å². The Morgan fingerprint density at radius 1 is 0.362 bits per heavy atom. The van der Waals surface area contributed by atoms with Crippen LogP contribution in [0.4, 0.5) is 0 Å². The molecule has 4 atom stereocenters. The predicted octanol–water partition coefficient (Wildman–Crippen LogP) is 7.54. The van der Waals surface area contributed by atoms with E-state index in [0.717, 1.165) is 27.8 Å². The summed E-state index contributed by atoms with van der Waals surface area (Å²) in [5.74, 6) is 0. The molecule has 0 saturated heterocycles. The van der Waals surface area contributed by atoms with Crippen molar-refractivity contribution in [2.45, 2.75) is 57.5 Å². The summed E-state index contributed by atoms with van der Waals surface area (Å²) in [5, 5.41) is 10.8. The third-order valence-electron chi connectivity index (χ3n) is 7.81. The van der Waals surface area contributed by atoms with E-state index in [1.54, 1.807) is 0 Å². The van der Waals surface area contributed by atoms with Crippen molar-refractivity contribution in [3.8, 4) is 0 Å². The monoisotopic (exact) mass is 632 g/mol. The normalized spacial score (nSPS) is 13.9. The molecule has 0 unspecified atom stereocenters. The van der Waals surface area contributed by atoms with Crippen molar-refractivity contribution in [1.29, 1.82) is 0 Å². The van der Waals surface area contributed by atoms with Gasteiger partial charge in [-0.25, -0.2) is 0 Å². The number of aliphatic hydroxyl groups is 1. The molecule has 5 aromatic carbocycles. The smallest absolute Gasteiger partial charge is 0.115 e. The van der Waals surface area contributed by atoms with Crippen LogP contribution in [0, 0.1) is 0 Å². The minimum atomic E-state index is -0.711. The van der Waals surface area contributed by atoms with Crippen molar-refractivity contribution in [1.82, 2.24) is 0 Å². The van der Waals surface area contributed by atoms with Crippen molar-refractivity contribution in [3.63, 3.8) is 0 Å². The molecule has 0 amide bonds. The summed E-state index contributed by atoms with van der Waals surface area (Å²) >= 11 is 0. The van der Waals surface area contributed by atoms with Gasteiger partial charge < -0.3 is 28.8 Å². The highest BCUT2D eigenvalue weighted by atomic mass is 16.6. The second-order valence-electron chi connectivity index (χ2n) is 11.4. The van der Waals surface area contributed by atoms with Crippen molar-refractivity contribution in [3.05, 3.63) is 179 Å². The van der Waals surface area contributed by atoms with Crippen LogP contribution in [0.2, 0.25) is 0 Å². The second kappa shape index (κ2) is 19.5. The van der Waals surface area contributed by atoms with Gasteiger partial charge in [-0.15, -0.1) is 0 Å². The van der Waals surface area contributed by atoms with E-state index >= 15 is 0 Å². The summed E-state index contributed by atoms with van der Waals surface area (Å²) in [5.41, 5.74) is 5.10. The maximum absolute atomic E-state index is 10.8. The molecular formula is C41H44O6. The lowest BCUT2D eigenvalue weighted by Gasteiger charge is -2.37. The number of ether oxygens (including phenoxy) is 5. The van der Waals surface area contributed by atoms with Crippen LogP contribution in [0.5, 0.6) is 0 Å². The maximum Gasteiger partial charge on any atom is 0.115 e. The van der Waals surface area contributed by atoms with Gasteiger partial charge in [0.1, 0.15) is 24.4 Å². The molecule has 0 saturated carbocycles. The molecule has 0 radical (unpaired) electrons. The Bertz CT molecular complexity index is 1500. The molecule has 5 rings (SSSR count). The molecular weight excluding hydrogens is 588 g/mol. The standard InChI is InChI=1S/C41H44O6/c42-26-38(44-28-34-18-8-2-9-19-34)40(46-30-36-22-12-4-13-23-36)41(47-31-37-24-14-5-15-25-37)39(45-29-35-20-10-3-11-21-35)32-43-27-33-16-6-1-7-17-33/h1-25,38-42H,26-32H2/t38-,39+,40+,41+/m1/s1. The van der Waals surface area contributed by atoms with Crippen LogP contribution in [0.1, 0.15) is 27.8 Å². The summed E-state index contributed by atoms with van der Waals surface area (Å²) in [4.78, 5) is 0. The Morgan fingerprint density at radius 2 is 0.660 bits per heavy atom. The molecule has 0 bridgehead atoms. The van der Waals surface area contributed by atoms with E-state index < -0.39 is 24.4 Å². The van der Waals surface area contributed by atoms with E-state index in [9.17, 15) is 5.11 Å². The lowest BCUT2D eigenvalue weighted by molar-refractivity contribution is -0.205. The Hall–Kier alpha value is -4.14. The molecule has 47 heavy (non-hydrogen) atoms. The third kappa shape index (κ3) is 11.6. The van der Waals surface area contributed by atoms with Crippen molar-refractivity contribution in [2.75, 3.05) is 13.2 Å². The van der Waals surface area contributed by atoms with Gasteiger partial charge >= 0.3 is 0 Å². The fraction of sp³-hybridized carbons (Fsp3) is 0.268. The Labute approximate surface area is 278 Å². The van der Waals surface area contributed by atoms with E-state index in [2.05, 4.69) is 0 Å². The lowest BCUT2D eigenvalue weighted by atomic mass is 10.0.